The van der Waals surface area contributed by atoms with E-state index < -0.39 is 0 Å². The first-order valence-electron chi connectivity index (χ1n) is 3.81. The average Bonchev–Trinajstić information content (AvgIpc) is 2.06. The summed E-state index contributed by atoms with van der Waals surface area (Å²) in [6, 6.07) is 0. The quantitative estimate of drug-likeness (QED) is 0.660. The Kier molecular flexibility index (Phi) is 3.69. The fraction of sp³-hybridized carbons (Fsp3) is 0.500. The molecule has 0 radical (unpaired) electrons. The van der Waals surface area contributed by atoms with Crippen LogP contribution in [0, 0.1) is 0 Å². The molecule has 0 aliphatic carbocycles. The Hall–Kier alpha value is -0.250. The van der Waals surface area contributed by atoms with Crippen LogP contribution < -0.4 is 11.5 Å². The molecule has 1 atom stereocenters. The SMILES string of the molecule is NCCC1=CC=CC(CN)S1. The normalized spacial score (nSPS) is 23.5. The second-order valence-electron chi connectivity index (χ2n) is 2.45. The summed E-state index contributed by atoms with van der Waals surface area (Å²) in [6.45, 7) is 1.44. The lowest BCUT2D eigenvalue weighted by atomic mass is 10.3. The number of allylic oxidation sites excluding steroid dienone is 2. The predicted molar refractivity (Wildman–Crippen MR) is 51.3 cm³/mol. The zero-order chi connectivity index (χ0) is 8.10. The topological polar surface area (TPSA) is 52.0 Å². The van der Waals surface area contributed by atoms with Crippen molar-refractivity contribution in [1.82, 2.24) is 0 Å². The predicted octanol–water partition coefficient (Wildman–Crippen LogP) is 0.849. The summed E-state index contributed by atoms with van der Waals surface area (Å²) in [4.78, 5) is 1.35. The fourth-order valence-corrected chi connectivity index (χ4v) is 2.02. The molecule has 0 aromatic carbocycles. The number of hydrogen-bond donors (Lipinski definition) is 2. The van der Waals surface area contributed by atoms with Gasteiger partial charge in [0.25, 0.3) is 0 Å². The minimum absolute atomic E-state index is 0.460. The van der Waals surface area contributed by atoms with Crippen molar-refractivity contribution in [3.63, 3.8) is 0 Å². The van der Waals surface area contributed by atoms with Crippen molar-refractivity contribution in [2.75, 3.05) is 13.1 Å². The van der Waals surface area contributed by atoms with E-state index in [1.807, 2.05) is 11.8 Å². The molecule has 11 heavy (non-hydrogen) atoms. The van der Waals surface area contributed by atoms with E-state index in [0.717, 1.165) is 13.0 Å². The Labute approximate surface area is 71.7 Å². The molecule has 0 aromatic rings. The molecule has 0 saturated carbocycles. The summed E-state index contributed by atoms with van der Waals surface area (Å²) in [6.07, 6.45) is 7.29. The van der Waals surface area contributed by atoms with Crippen LogP contribution in [0.5, 0.6) is 0 Å². The Morgan fingerprint density at radius 3 is 2.91 bits per heavy atom. The smallest absolute Gasteiger partial charge is 0.0397 e. The van der Waals surface area contributed by atoms with Crippen LogP contribution in [0.25, 0.3) is 0 Å². The molecule has 1 unspecified atom stereocenters. The monoisotopic (exact) mass is 170 g/mol. The van der Waals surface area contributed by atoms with Crippen LogP contribution in [0.4, 0.5) is 0 Å². The molecule has 0 aromatic heterocycles. The maximum absolute atomic E-state index is 5.53. The van der Waals surface area contributed by atoms with Crippen LogP contribution in [-0.4, -0.2) is 18.3 Å². The molecule has 3 heteroatoms. The highest BCUT2D eigenvalue weighted by atomic mass is 32.2. The third kappa shape index (κ3) is 2.69. The molecule has 0 fully saturated rings. The average molecular weight is 170 g/mol. The van der Waals surface area contributed by atoms with Gasteiger partial charge in [-0.2, -0.15) is 0 Å². The highest BCUT2D eigenvalue weighted by Gasteiger charge is 2.08. The molecule has 0 amide bonds. The van der Waals surface area contributed by atoms with Crippen LogP contribution in [0.15, 0.2) is 23.1 Å². The van der Waals surface area contributed by atoms with E-state index in [-0.39, 0.29) is 0 Å². The Morgan fingerprint density at radius 1 is 1.45 bits per heavy atom. The van der Waals surface area contributed by atoms with Crippen LogP contribution in [0.2, 0.25) is 0 Å². The molecule has 1 aliphatic rings. The van der Waals surface area contributed by atoms with Crippen molar-refractivity contribution in [2.45, 2.75) is 11.7 Å². The van der Waals surface area contributed by atoms with Crippen molar-refractivity contribution < 1.29 is 0 Å². The largest absolute Gasteiger partial charge is 0.330 e. The lowest BCUT2D eigenvalue weighted by Crippen LogP contribution is -2.16. The minimum Gasteiger partial charge on any atom is -0.330 e. The van der Waals surface area contributed by atoms with Gasteiger partial charge in [-0.3, -0.25) is 0 Å². The number of nitrogens with two attached hydrogens (primary N) is 2. The molecule has 0 bridgehead atoms. The fourth-order valence-electron chi connectivity index (χ4n) is 0.971. The van der Waals surface area contributed by atoms with Gasteiger partial charge < -0.3 is 11.5 Å². The van der Waals surface area contributed by atoms with Gasteiger partial charge in [0, 0.05) is 11.8 Å². The van der Waals surface area contributed by atoms with Gasteiger partial charge in [0.2, 0.25) is 0 Å². The first-order chi connectivity index (χ1) is 5.36. The summed E-state index contributed by atoms with van der Waals surface area (Å²) < 4.78 is 0. The maximum atomic E-state index is 5.53. The molecular formula is C8H14N2S. The second-order valence-corrected chi connectivity index (χ2v) is 3.81. The van der Waals surface area contributed by atoms with Gasteiger partial charge in [-0.15, -0.1) is 11.8 Å². The molecule has 2 nitrogen and oxygen atoms in total. The van der Waals surface area contributed by atoms with E-state index in [4.69, 9.17) is 11.5 Å². The molecular weight excluding hydrogens is 156 g/mol. The second kappa shape index (κ2) is 4.59. The van der Waals surface area contributed by atoms with E-state index in [1.54, 1.807) is 0 Å². The van der Waals surface area contributed by atoms with Crippen molar-refractivity contribution >= 4 is 11.8 Å². The standard InChI is InChI=1S/C8H14N2S/c9-5-4-7-2-1-3-8(6-10)11-7/h1-3,8H,4-6,9-10H2. The van der Waals surface area contributed by atoms with Crippen molar-refractivity contribution in [1.29, 1.82) is 0 Å². The van der Waals surface area contributed by atoms with Crippen molar-refractivity contribution in [2.24, 2.45) is 11.5 Å². The summed E-state index contributed by atoms with van der Waals surface area (Å²) in [7, 11) is 0. The van der Waals surface area contributed by atoms with Crippen LogP contribution in [0.1, 0.15) is 6.42 Å². The van der Waals surface area contributed by atoms with Crippen molar-refractivity contribution in [3.05, 3.63) is 23.1 Å². The van der Waals surface area contributed by atoms with Gasteiger partial charge in [0.05, 0.1) is 0 Å². The third-order valence-electron chi connectivity index (χ3n) is 1.53. The maximum Gasteiger partial charge on any atom is 0.0397 e. The van der Waals surface area contributed by atoms with E-state index in [2.05, 4.69) is 18.2 Å². The number of rotatable bonds is 3. The molecule has 0 spiro atoms. The molecule has 4 N–H and O–H groups in total. The lowest BCUT2D eigenvalue weighted by molar-refractivity contribution is 0.979. The third-order valence-corrected chi connectivity index (χ3v) is 2.83. The van der Waals surface area contributed by atoms with Gasteiger partial charge >= 0.3 is 0 Å². The summed E-state index contributed by atoms with van der Waals surface area (Å²) >= 11 is 1.83. The van der Waals surface area contributed by atoms with Crippen LogP contribution in [0.3, 0.4) is 0 Å². The Bertz CT molecular complexity index is 175. The molecule has 0 saturated heterocycles. The summed E-state index contributed by atoms with van der Waals surface area (Å²) in [5.74, 6) is 0. The first kappa shape index (κ1) is 8.84. The number of hydrogen-bond acceptors (Lipinski definition) is 3. The first-order valence-corrected chi connectivity index (χ1v) is 4.69. The summed E-state index contributed by atoms with van der Waals surface area (Å²) in [5, 5.41) is 0.460. The van der Waals surface area contributed by atoms with Gasteiger partial charge in [-0.05, 0) is 17.9 Å². The van der Waals surface area contributed by atoms with Gasteiger partial charge in [0.15, 0.2) is 0 Å². The van der Waals surface area contributed by atoms with E-state index in [9.17, 15) is 0 Å². The van der Waals surface area contributed by atoms with Crippen LogP contribution >= 0.6 is 11.8 Å². The molecule has 1 aliphatic heterocycles. The molecule has 1 rings (SSSR count). The van der Waals surface area contributed by atoms with Crippen LogP contribution in [-0.2, 0) is 0 Å². The zero-order valence-electron chi connectivity index (χ0n) is 6.49. The number of thioether (sulfide) groups is 1. The Balaban J connectivity index is 2.43. The van der Waals surface area contributed by atoms with E-state index >= 15 is 0 Å². The lowest BCUT2D eigenvalue weighted by Gasteiger charge is -2.15. The molecule has 62 valence electrons. The highest BCUT2D eigenvalue weighted by molar-refractivity contribution is 8.03. The summed E-state index contributed by atoms with van der Waals surface area (Å²) in [5.41, 5.74) is 11.0. The van der Waals surface area contributed by atoms with Gasteiger partial charge in [0.1, 0.15) is 0 Å². The zero-order valence-corrected chi connectivity index (χ0v) is 7.31. The van der Waals surface area contributed by atoms with E-state index in [1.165, 1.54) is 4.91 Å². The highest BCUT2D eigenvalue weighted by Crippen LogP contribution is 2.27. The van der Waals surface area contributed by atoms with Gasteiger partial charge in [-0.25, -0.2) is 0 Å². The minimum atomic E-state index is 0.460. The Morgan fingerprint density at radius 2 is 2.27 bits per heavy atom. The van der Waals surface area contributed by atoms with E-state index in [0.29, 0.717) is 11.8 Å². The van der Waals surface area contributed by atoms with Crippen molar-refractivity contribution in [3.8, 4) is 0 Å². The molecule has 1 heterocycles. The van der Waals surface area contributed by atoms with Gasteiger partial charge in [-0.1, -0.05) is 18.2 Å².